The number of halogens is 2. The fourth-order valence-electron chi connectivity index (χ4n) is 1.92. The molecule has 0 radical (unpaired) electrons. The summed E-state index contributed by atoms with van der Waals surface area (Å²) in [5.74, 6) is 0. The van der Waals surface area contributed by atoms with E-state index in [1.165, 1.54) is 8.45 Å². The lowest BCUT2D eigenvalue weighted by Crippen LogP contribution is -2.23. The molecule has 2 heterocycles. The molecule has 0 fully saturated rings. The zero-order chi connectivity index (χ0) is 13.7. The van der Waals surface area contributed by atoms with Crippen LogP contribution >= 0.6 is 45.5 Å². The van der Waals surface area contributed by atoms with Gasteiger partial charge in [0.15, 0.2) is 0 Å². The van der Waals surface area contributed by atoms with E-state index in [4.69, 9.17) is 11.6 Å². The molecule has 2 aromatic rings. The van der Waals surface area contributed by atoms with Crippen molar-refractivity contribution in [2.24, 2.45) is 0 Å². The monoisotopic (exact) mass is 406 g/mol. The van der Waals surface area contributed by atoms with Crippen molar-refractivity contribution >= 4 is 45.5 Å². The summed E-state index contributed by atoms with van der Waals surface area (Å²) in [4.78, 5) is 4.04. The van der Waals surface area contributed by atoms with E-state index in [0.29, 0.717) is 6.04 Å². The fourth-order valence-corrected chi connectivity index (χ4v) is 3.54. The first-order valence-corrected chi connectivity index (χ1v) is 8.60. The van der Waals surface area contributed by atoms with Gasteiger partial charge in [0.2, 0.25) is 0 Å². The van der Waals surface area contributed by atoms with E-state index in [-0.39, 0.29) is 0 Å². The molecule has 0 aliphatic heterocycles. The molecule has 0 spiro atoms. The average molecular weight is 407 g/mol. The van der Waals surface area contributed by atoms with Crippen LogP contribution in [-0.2, 0) is 6.42 Å². The highest BCUT2D eigenvalue weighted by Gasteiger charge is 2.14. The van der Waals surface area contributed by atoms with E-state index in [0.717, 1.165) is 30.0 Å². The Kier molecular flexibility index (Phi) is 6.06. The number of hydrogen-bond donors (Lipinski definition) is 1. The third-order valence-electron chi connectivity index (χ3n) is 2.91. The van der Waals surface area contributed by atoms with Gasteiger partial charge < -0.3 is 5.32 Å². The third-order valence-corrected chi connectivity index (χ3v) is 5.06. The van der Waals surface area contributed by atoms with Crippen molar-refractivity contribution in [1.29, 1.82) is 0 Å². The largest absolute Gasteiger partial charge is 0.310 e. The molecular weight excluding hydrogens is 391 g/mol. The quantitative estimate of drug-likeness (QED) is 0.704. The van der Waals surface area contributed by atoms with Crippen LogP contribution in [0.25, 0.3) is 0 Å². The van der Waals surface area contributed by atoms with Gasteiger partial charge in [0.05, 0.1) is 7.91 Å². The van der Waals surface area contributed by atoms with Gasteiger partial charge in [0.1, 0.15) is 0 Å². The Morgan fingerprint density at radius 3 is 3.00 bits per heavy atom. The lowest BCUT2D eigenvalue weighted by Gasteiger charge is -2.18. The first-order chi connectivity index (χ1) is 9.20. The Morgan fingerprint density at radius 1 is 1.53 bits per heavy atom. The predicted octanol–water partition coefficient (Wildman–Crippen LogP) is 4.68. The Hall–Kier alpha value is -0.170. The van der Waals surface area contributed by atoms with E-state index in [9.17, 15) is 0 Å². The van der Waals surface area contributed by atoms with Crippen molar-refractivity contribution in [2.45, 2.75) is 25.8 Å². The van der Waals surface area contributed by atoms with E-state index in [2.05, 4.69) is 51.3 Å². The summed E-state index contributed by atoms with van der Waals surface area (Å²) in [5.41, 5.74) is 2.49. The first-order valence-electron chi connectivity index (χ1n) is 6.26. The number of nitrogens with one attached hydrogen (secondary N) is 1. The van der Waals surface area contributed by atoms with E-state index >= 15 is 0 Å². The summed E-state index contributed by atoms with van der Waals surface area (Å²) in [5, 5.41) is 6.57. The molecule has 2 aromatic heterocycles. The highest BCUT2D eigenvalue weighted by Crippen LogP contribution is 2.27. The normalized spacial score (nSPS) is 12.6. The van der Waals surface area contributed by atoms with Crippen LogP contribution in [0.4, 0.5) is 0 Å². The second-order valence-corrected chi connectivity index (χ2v) is 7.57. The number of hydrogen-bond acceptors (Lipinski definition) is 3. The predicted molar refractivity (Wildman–Crippen MR) is 91.0 cm³/mol. The molecule has 19 heavy (non-hydrogen) atoms. The minimum atomic E-state index is 0.319. The standard InChI is InChI=1S/C14H16ClIN2S/c1-2-4-18-13(11-7-14(16)19-9-11)6-10-3-5-17-8-12(10)15/h3,5,7-9,13,18H,2,4,6H2,1H3. The third kappa shape index (κ3) is 4.41. The molecule has 0 aliphatic rings. The first kappa shape index (κ1) is 15.2. The van der Waals surface area contributed by atoms with Gasteiger partial charge in [-0.05, 0) is 70.6 Å². The van der Waals surface area contributed by atoms with E-state index in [1.807, 2.05) is 6.07 Å². The molecule has 0 bridgehead atoms. The van der Waals surface area contributed by atoms with Crippen LogP contribution in [0.1, 0.15) is 30.5 Å². The Labute approximate surface area is 136 Å². The topological polar surface area (TPSA) is 24.9 Å². The van der Waals surface area contributed by atoms with Crippen LogP contribution in [0.2, 0.25) is 5.02 Å². The maximum atomic E-state index is 6.21. The maximum Gasteiger partial charge on any atom is 0.0656 e. The smallest absolute Gasteiger partial charge is 0.0656 e. The second-order valence-electron chi connectivity index (χ2n) is 4.36. The Morgan fingerprint density at radius 2 is 2.37 bits per heavy atom. The molecule has 0 aromatic carbocycles. The van der Waals surface area contributed by atoms with Gasteiger partial charge >= 0.3 is 0 Å². The van der Waals surface area contributed by atoms with E-state index in [1.54, 1.807) is 23.7 Å². The van der Waals surface area contributed by atoms with Gasteiger partial charge in [-0.2, -0.15) is 0 Å². The molecular formula is C14H16ClIN2S. The minimum Gasteiger partial charge on any atom is -0.310 e. The van der Waals surface area contributed by atoms with Gasteiger partial charge in [-0.15, -0.1) is 11.3 Å². The molecule has 1 atom stereocenters. The number of aromatic nitrogens is 1. The van der Waals surface area contributed by atoms with Crippen molar-refractivity contribution < 1.29 is 0 Å². The lowest BCUT2D eigenvalue weighted by molar-refractivity contribution is 0.530. The van der Waals surface area contributed by atoms with Crippen LogP contribution in [0.5, 0.6) is 0 Å². The lowest BCUT2D eigenvalue weighted by atomic mass is 10.0. The maximum absolute atomic E-state index is 6.21. The van der Waals surface area contributed by atoms with Crippen molar-refractivity contribution in [3.8, 4) is 0 Å². The van der Waals surface area contributed by atoms with Crippen LogP contribution in [0.15, 0.2) is 29.9 Å². The van der Waals surface area contributed by atoms with Gasteiger partial charge in [-0.3, -0.25) is 4.98 Å². The summed E-state index contributed by atoms with van der Waals surface area (Å²) in [7, 11) is 0. The highest BCUT2D eigenvalue weighted by molar-refractivity contribution is 14.1. The molecule has 0 saturated heterocycles. The molecule has 0 saturated carbocycles. The van der Waals surface area contributed by atoms with Gasteiger partial charge in [-0.1, -0.05) is 18.5 Å². The summed E-state index contributed by atoms with van der Waals surface area (Å²) in [6.07, 6.45) is 5.54. The van der Waals surface area contributed by atoms with Crippen LogP contribution in [0.3, 0.4) is 0 Å². The molecule has 5 heteroatoms. The number of nitrogens with zero attached hydrogens (tertiary/aromatic N) is 1. The minimum absolute atomic E-state index is 0.319. The Bertz CT molecular complexity index is 530. The molecule has 1 unspecified atom stereocenters. The number of rotatable bonds is 6. The summed E-state index contributed by atoms with van der Waals surface area (Å²) >= 11 is 10.4. The van der Waals surface area contributed by atoms with Crippen LogP contribution in [0, 0.1) is 2.88 Å². The zero-order valence-corrected chi connectivity index (χ0v) is 14.4. The van der Waals surface area contributed by atoms with Gasteiger partial charge in [0, 0.05) is 18.4 Å². The average Bonchev–Trinajstić information content (AvgIpc) is 2.83. The number of pyridine rings is 1. The molecule has 2 rings (SSSR count). The van der Waals surface area contributed by atoms with E-state index < -0.39 is 0 Å². The second kappa shape index (κ2) is 7.57. The molecule has 0 amide bonds. The highest BCUT2D eigenvalue weighted by atomic mass is 127. The summed E-state index contributed by atoms with van der Waals surface area (Å²) in [6, 6.07) is 4.56. The summed E-state index contributed by atoms with van der Waals surface area (Å²) < 4.78 is 1.32. The molecule has 1 N–H and O–H groups in total. The fraction of sp³-hybridized carbons (Fsp3) is 0.357. The molecule has 102 valence electrons. The van der Waals surface area contributed by atoms with Crippen LogP contribution in [-0.4, -0.2) is 11.5 Å². The van der Waals surface area contributed by atoms with Crippen molar-refractivity contribution in [1.82, 2.24) is 10.3 Å². The summed E-state index contributed by atoms with van der Waals surface area (Å²) in [6.45, 7) is 3.20. The van der Waals surface area contributed by atoms with Gasteiger partial charge in [-0.25, -0.2) is 0 Å². The SMILES string of the molecule is CCCNC(Cc1ccncc1Cl)c1csc(I)c1. The number of thiophene rings is 1. The van der Waals surface area contributed by atoms with Crippen molar-refractivity contribution in [3.63, 3.8) is 0 Å². The van der Waals surface area contributed by atoms with Crippen LogP contribution < -0.4 is 5.32 Å². The Balaban J connectivity index is 2.16. The van der Waals surface area contributed by atoms with Crippen molar-refractivity contribution in [3.05, 3.63) is 48.9 Å². The molecule has 0 aliphatic carbocycles. The molecule has 2 nitrogen and oxygen atoms in total. The van der Waals surface area contributed by atoms with Crippen molar-refractivity contribution in [2.75, 3.05) is 6.54 Å². The van der Waals surface area contributed by atoms with Gasteiger partial charge in [0.25, 0.3) is 0 Å². The zero-order valence-electron chi connectivity index (χ0n) is 10.7.